The van der Waals surface area contributed by atoms with Crippen LogP contribution in [0.3, 0.4) is 0 Å². The smallest absolute Gasteiger partial charge is 0.116 e. The van der Waals surface area contributed by atoms with Gasteiger partial charge in [-0.15, -0.1) is 10.2 Å². The molecule has 4 rings (SSSR count). The minimum absolute atomic E-state index is 0.960. The van der Waals surface area contributed by atoms with E-state index in [2.05, 4.69) is 97.1 Å². The molecule has 0 saturated heterocycles. The van der Waals surface area contributed by atoms with E-state index in [9.17, 15) is 0 Å². The normalized spacial score (nSPS) is 11.5. The van der Waals surface area contributed by atoms with Crippen molar-refractivity contribution in [2.75, 3.05) is 0 Å². The van der Waals surface area contributed by atoms with Gasteiger partial charge in [0.1, 0.15) is 29.3 Å². The minimum atomic E-state index is -4.94. The highest BCUT2D eigenvalue weighted by molar-refractivity contribution is 7.95. The summed E-state index contributed by atoms with van der Waals surface area (Å²) < 4.78 is 39.4. The fourth-order valence-electron chi connectivity index (χ4n) is 3.42. The van der Waals surface area contributed by atoms with Gasteiger partial charge in [0.15, 0.2) is 0 Å². The van der Waals surface area contributed by atoms with Gasteiger partial charge in [0.2, 0.25) is 0 Å². The lowest BCUT2D eigenvalue weighted by atomic mass is 10.3. The topological polar surface area (TPSA) is 105 Å². The van der Waals surface area contributed by atoms with Crippen molar-refractivity contribution >= 4 is 23.2 Å². The van der Waals surface area contributed by atoms with E-state index in [1.54, 1.807) is 6.26 Å². The van der Waals surface area contributed by atoms with Crippen LogP contribution in [0.15, 0.2) is 114 Å². The van der Waals surface area contributed by atoms with E-state index in [0.717, 1.165) is 6.16 Å². The zero-order valence-corrected chi connectivity index (χ0v) is 17.6. The Morgan fingerprint density at radius 2 is 0.967 bits per heavy atom. The molecule has 0 aliphatic heterocycles. The SMILES string of the molecule is [O-][Cl+3]([O-])([O-])[O-].c1ccc([P+](Cc2ccoc2)(c2ccccc2)c2ccccc2)cc1. The van der Waals surface area contributed by atoms with Crippen LogP contribution in [0.5, 0.6) is 0 Å². The van der Waals surface area contributed by atoms with Crippen LogP contribution >= 0.6 is 7.26 Å². The molecular weight excluding hydrogens is 423 g/mol. The second kappa shape index (κ2) is 10.0. The van der Waals surface area contributed by atoms with Crippen molar-refractivity contribution in [1.29, 1.82) is 0 Å². The molecule has 0 unspecified atom stereocenters. The molecule has 7 heteroatoms. The summed E-state index contributed by atoms with van der Waals surface area (Å²) in [6.45, 7) is 0. The predicted octanol–water partition coefficient (Wildman–Crippen LogP) is 0.0177. The fraction of sp³-hybridized carbons (Fsp3) is 0.0435. The van der Waals surface area contributed by atoms with Gasteiger partial charge in [0, 0.05) is 5.56 Å². The molecule has 0 atom stereocenters. The molecule has 4 aromatic rings. The van der Waals surface area contributed by atoms with Crippen LogP contribution in [0.1, 0.15) is 5.56 Å². The molecule has 0 radical (unpaired) electrons. The minimum Gasteiger partial charge on any atom is -0.472 e. The molecule has 0 bridgehead atoms. The van der Waals surface area contributed by atoms with Crippen LogP contribution < -0.4 is 34.5 Å². The van der Waals surface area contributed by atoms with Gasteiger partial charge < -0.3 is 4.42 Å². The van der Waals surface area contributed by atoms with Gasteiger partial charge in [-0.05, 0) is 42.5 Å². The van der Waals surface area contributed by atoms with E-state index in [1.807, 2.05) is 6.26 Å². The summed E-state index contributed by atoms with van der Waals surface area (Å²) in [6, 6.07) is 34.8. The van der Waals surface area contributed by atoms with E-state index in [0.29, 0.717) is 0 Å². The maximum absolute atomic E-state index is 8.49. The summed E-state index contributed by atoms with van der Waals surface area (Å²) in [5.41, 5.74) is 1.24. The molecule has 0 N–H and O–H groups in total. The molecule has 0 fully saturated rings. The second-order valence-corrected chi connectivity index (χ2v) is 10.7. The highest BCUT2D eigenvalue weighted by atomic mass is 35.7. The van der Waals surface area contributed by atoms with Crippen LogP contribution in [0.4, 0.5) is 0 Å². The predicted molar refractivity (Wildman–Crippen MR) is 108 cm³/mol. The Morgan fingerprint density at radius 1 is 0.600 bits per heavy atom. The van der Waals surface area contributed by atoms with Crippen LogP contribution in [0, 0.1) is 10.2 Å². The van der Waals surface area contributed by atoms with Crippen molar-refractivity contribution in [2.45, 2.75) is 6.16 Å². The van der Waals surface area contributed by atoms with Crippen molar-refractivity contribution < 1.29 is 33.3 Å². The van der Waals surface area contributed by atoms with Crippen molar-refractivity contribution in [3.8, 4) is 0 Å². The van der Waals surface area contributed by atoms with E-state index in [-0.39, 0.29) is 0 Å². The number of hydrogen-bond donors (Lipinski definition) is 0. The molecule has 0 saturated carbocycles. The number of hydrogen-bond acceptors (Lipinski definition) is 5. The first-order chi connectivity index (χ1) is 14.4. The van der Waals surface area contributed by atoms with Gasteiger partial charge in [0.05, 0.1) is 12.5 Å². The lowest BCUT2D eigenvalue weighted by Crippen LogP contribution is -2.68. The van der Waals surface area contributed by atoms with Gasteiger partial charge in [0.25, 0.3) is 0 Å². The Hall–Kier alpha value is -2.50. The molecule has 154 valence electrons. The third kappa shape index (κ3) is 5.77. The lowest BCUT2D eigenvalue weighted by Gasteiger charge is -2.27. The number of rotatable bonds is 5. The number of benzene rings is 3. The van der Waals surface area contributed by atoms with Gasteiger partial charge in [-0.2, -0.15) is 0 Å². The van der Waals surface area contributed by atoms with Crippen molar-refractivity contribution in [2.24, 2.45) is 0 Å². The molecule has 0 amide bonds. The number of halogens is 1. The molecule has 1 aromatic heterocycles. The standard InChI is InChI=1S/C23H20OP.ClHO4/c1-4-10-21(11-5-1)25(19-20-16-17-24-18-20,22-12-6-2-7-13-22)23-14-8-3-9-15-23;2-1(3,4)5/h1-18H,19H2;(H,2,3,4,5)/q+1;/p-1. The fourth-order valence-corrected chi connectivity index (χ4v) is 7.64. The maximum Gasteiger partial charge on any atom is 0.116 e. The first-order valence-electron chi connectivity index (χ1n) is 9.07. The largest absolute Gasteiger partial charge is 0.472 e. The van der Waals surface area contributed by atoms with E-state index < -0.39 is 17.5 Å². The highest BCUT2D eigenvalue weighted by Crippen LogP contribution is 2.58. The van der Waals surface area contributed by atoms with Crippen LogP contribution in [-0.2, 0) is 6.16 Å². The van der Waals surface area contributed by atoms with Crippen LogP contribution in [-0.4, -0.2) is 0 Å². The molecule has 0 spiro atoms. The van der Waals surface area contributed by atoms with Crippen molar-refractivity contribution in [3.05, 3.63) is 115 Å². The quantitative estimate of drug-likeness (QED) is 0.405. The summed E-state index contributed by atoms with van der Waals surface area (Å²) >= 11 is 0. The average molecular weight is 443 g/mol. The van der Waals surface area contributed by atoms with Crippen LogP contribution in [0.25, 0.3) is 0 Å². The molecule has 0 aliphatic carbocycles. The average Bonchev–Trinajstić information content (AvgIpc) is 3.26. The monoisotopic (exact) mass is 442 g/mol. The van der Waals surface area contributed by atoms with Crippen molar-refractivity contribution in [3.63, 3.8) is 0 Å². The van der Waals surface area contributed by atoms with Crippen LogP contribution in [0.2, 0.25) is 0 Å². The zero-order valence-electron chi connectivity index (χ0n) is 16.0. The lowest BCUT2D eigenvalue weighted by molar-refractivity contribution is -2.00. The van der Waals surface area contributed by atoms with Gasteiger partial charge in [-0.1, -0.05) is 54.6 Å². The second-order valence-electron chi connectivity index (χ2n) is 6.48. The Kier molecular flexibility index (Phi) is 7.40. The third-order valence-corrected chi connectivity index (χ3v) is 8.97. The number of furan rings is 1. The summed E-state index contributed by atoms with van der Waals surface area (Å²) in [6.07, 6.45) is 4.61. The van der Waals surface area contributed by atoms with E-state index in [1.165, 1.54) is 21.5 Å². The molecular formula is C23H20ClO5P. The molecule has 0 aliphatic rings. The Bertz CT molecular complexity index is 901. The Morgan fingerprint density at radius 3 is 1.27 bits per heavy atom. The molecule has 1 heterocycles. The highest BCUT2D eigenvalue weighted by Gasteiger charge is 2.45. The Balaban J connectivity index is 0.000000461. The van der Waals surface area contributed by atoms with E-state index >= 15 is 0 Å². The maximum atomic E-state index is 8.49. The zero-order chi connectivity index (χ0) is 21.5. The molecule has 5 nitrogen and oxygen atoms in total. The Labute approximate surface area is 177 Å². The third-order valence-electron chi connectivity index (χ3n) is 4.59. The first-order valence-corrected chi connectivity index (χ1v) is 12.3. The summed E-state index contributed by atoms with van der Waals surface area (Å²) in [7, 11) is -6.75. The summed E-state index contributed by atoms with van der Waals surface area (Å²) in [5, 5.41) is 4.19. The molecule has 3 aromatic carbocycles. The summed E-state index contributed by atoms with van der Waals surface area (Å²) in [4.78, 5) is 0. The van der Waals surface area contributed by atoms with E-state index in [4.69, 9.17) is 23.1 Å². The summed E-state index contributed by atoms with van der Waals surface area (Å²) in [5.74, 6) is 0. The molecule has 30 heavy (non-hydrogen) atoms. The van der Waals surface area contributed by atoms with Gasteiger partial charge in [-0.25, -0.2) is 18.6 Å². The first kappa shape index (κ1) is 22.2. The van der Waals surface area contributed by atoms with Gasteiger partial charge in [-0.3, -0.25) is 0 Å². The van der Waals surface area contributed by atoms with Crippen molar-refractivity contribution in [1.82, 2.24) is 0 Å². The van der Waals surface area contributed by atoms with Gasteiger partial charge >= 0.3 is 0 Å².